The van der Waals surface area contributed by atoms with Gasteiger partial charge < -0.3 is 24.6 Å². The third-order valence-corrected chi connectivity index (χ3v) is 11.7. The maximum atomic E-state index is 14.5. The Balaban J connectivity index is 1.13. The highest BCUT2D eigenvalue weighted by Crippen LogP contribution is 2.46. The summed E-state index contributed by atoms with van der Waals surface area (Å²) >= 11 is 0. The number of fused-ring (bicyclic) bond motifs is 1. The average Bonchev–Trinajstić information content (AvgIpc) is 3.50. The van der Waals surface area contributed by atoms with E-state index in [1.165, 1.54) is 12.5 Å². The van der Waals surface area contributed by atoms with Crippen LogP contribution < -0.4 is 5.32 Å². The van der Waals surface area contributed by atoms with Crippen LogP contribution in [0.2, 0.25) is 0 Å². The van der Waals surface area contributed by atoms with Crippen molar-refractivity contribution < 1.29 is 32.2 Å². The number of carbonyl (C=O) groups is 2. The largest absolute Gasteiger partial charge is 0.417 e. The minimum Gasteiger partial charge on any atom is -0.379 e. The Morgan fingerprint density at radius 1 is 1.07 bits per heavy atom. The predicted molar refractivity (Wildman–Crippen MR) is 167 cm³/mol. The summed E-state index contributed by atoms with van der Waals surface area (Å²) in [5.41, 5.74) is -0.181. The standard InChI is InChI=1S/C35H51F3N4O4/c1-45-31-23-46-18-12-30(31)40-28-8-14-34(20-28,13-7-24-9-15-41(16-10-24)32(43)25-5-3-2-4-6-25)33(44)42-17-11-29-26(22-42)19-27(21-39-29)35(36,37)38/h19,21,24-25,28,30-31,40H,2-18,20,22-23H2,1H3. The van der Waals surface area contributed by atoms with E-state index >= 15 is 0 Å². The number of alkyl halides is 3. The lowest BCUT2D eigenvalue weighted by molar-refractivity contribution is -0.144. The van der Waals surface area contributed by atoms with Crippen molar-refractivity contribution in [3.8, 4) is 0 Å². The first-order valence-corrected chi connectivity index (χ1v) is 17.6. The van der Waals surface area contributed by atoms with E-state index in [1.54, 1.807) is 12.0 Å². The molecule has 0 spiro atoms. The predicted octanol–water partition coefficient (Wildman–Crippen LogP) is 5.52. The quantitative estimate of drug-likeness (QED) is 0.400. The SMILES string of the molecule is COC1COCCC1NC1CCC(CCC2CCN(C(=O)C3CCCCC3)CC2)(C(=O)N2CCc3ncc(C(F)(F)F)cc3C2)C1. The molecule has 2 amide bonds. The summed E-state index contributed by atoms with van der Waals surface area (Å²) in [7, 11) is 1.71. The summed E-state index contributed by atoms with van der Waals surface area (Å²) in [4.78, 5) is 35.6. The molecule has 4 atom stereocenters. The van der Waals surface area contributed by atoms with Crippen LogP contribution in [-0.2, 0) is 38.2 Å². The number of nitrogens with zero attached hydrogens (tertiary/aromatic N) is 3. The van der Waals surface area contributed by atoms with E-state index < -0.39 is 17.2 Å². The second-order valence-corrected chi connectivity index (χ2v) is 14.6. The zero-order valence-corrected chi connectivity index (χ0v) is 27.3. The Hall–Kier alpha value is -2.24. The van der Waals surface area contributed by atoms with Gasteiger partial charge in [-0.2, -0.15) is 13.2 Å². The highest BCUT2D eigenvalue weighted by Gasteiger charge is 2.48. The number of nitrogens with one attached hydrogen (secondary N) is 1. The van der Waals surface area contributed by atoms with Gasteiger partial charge in [-0.25, -0.2) is 0 Å². The van der Waals surface area contributed by atoms with E-state index in [0.29, 0.717) is 55.7 Å². The Kier molecular flexibility index (Phi) is 10.6. The second kappa shape index (κ2) is 14.5. The molecule has 2 aliphatic carbocycles. The van der Waals surface area contributed by atoms with Crippen LogP contribution in [0.4, 0.5) is 13.2 Å². The monoisotopic (exact) mass is 648 g/mol. The van der Waals surface area contributed by atoms with E-state index in [1.807, 2.05) is 0 Å². The topological polar surface area (TPSA) is 84.0 Å². The lowest BCUT2D eigenvalue weighted by atomic mass is 9.76. The second-order valence-electron chi connectivity index (χ2n) is 14.6. The first-order valence-electron chi connectivity index (χ1n) is 17.6. The van der Waals surface area contributed by atoms with Crippen LogP contribution >= 0.6 is 0 Å². The van der Waals surface area contributed by atoms with Crippen LogP contribution in [0, 0.1) is 17.3 Å². The molecule has 1 aromatic rings. The number of halogens is 3. The fourth-order valence-corrected chi connectivity index (χ4v) is 8.85. The first kappa shape index (κ1) is 33.7. The number of carbonyl (C=O) groups excluding carboxylic acids is 2. The zero-order valence-electron chi connectivity index (χ0n) is 27.3. The summed E-state index contributed by atoms with van der Waals surface area (Å²) in [6.07, 6.45) is 9.25. The average molecular weight is 649 g/mol. The van der Waals surface area contributed by atoms with Crippen LogP contribution in [0.1, 0.15) is 100 Å². The lowest BCUT2D eigenvalue weighted by Gasteiger charge is -2.39. The van der Waals surface area contributed by atoms with Crippen LogP contribution in [0.25, 0.3) is 0 Å². The minimum absolute atomic E-state index is 0.0325. The number of pyridine rings is 1. The molecule has 1 N–H and O–H groups in total. The smallest absolute Gasteiger partial charge is 0.379 e. The number of piperidine rings is 1. The van der Waals surface area contributed by atoms with Crippen LogP contribution in [0.15, 0.2) is 12.3 Å². The van der Waals surface area contributed by atoms with E-state index in [-0.39, 0.29) is 36.6 Å². The molecule has 4 fully saturated rings. The molecule has 2 saturated carbocycles. The number of aromatic nitrogens is 1. The van der Waals surface area contributed by atoms with Crippen molar-refractivity contribution in [3.05, 3.63) is 29.1 Å². The molecule has 2 saturated heterocycles. The van der Waals surface area contributed by atoms with Crippen LogP contribution in [-0.4, -0.2) is 84.7 Å². The van der Waals surface area contributed by atoms with Gasteiger partial charge in [0.1, 0.15) is 0 Å². The highest BCUT2D eigenvalue weighted by atomic mass is 19.4. The van der Waals surface area contributed by atoms with E-state index in [4.69, 9.17) is 9.47 Å². The van der Waals surface area contributed by atoms with Gasteiger partial charge in [-0.3, -0.25) is 14.6 Å². The van der Waals surface area contributed by atoms with E-state index in [9.17, 15) is 22.8 Å². The van der Waals surface area contributed by atoms with E-state index in [2.05, 4.69) is 15.2 Å². The van der Waals surface area contributed by atoms with Gasteiger partial charge in [-0.15, -0.1) is 0 Å². The van der Waals surface area contributed by atoms with Gasteiger partial charge >= 0.3 is 6.18 Å². The van der Waals surface area contributed by atoms with Crippen molar-refractivity contribution in [2.24, 2.45) is 17.3 Å². The van der Waals surface area contributed by atoms with Gasteiger partial charge in [0.05, 0.1) is 23.7 Å². The van der Waals surface area contributed by atoms with E-state index in [0.717, 1.165) is 89.9 Å². The van der Waals surface area contributed by atoms with Crippen molar-refractivity contribution in [2.75, 3.05) is 40.0 Å². The third-order valence-electron chi connectivity index (χ3n) is 11.7. The molecule has 46 heavy (non-hydrogen) atoms. The fourth-order valence-electron chi connectivity index (χ4n) is 8.85. The number of ether oxygens (including phenoxy) is 2. The number of rotatable bonds is 8. The lowest BCUT2D eigenvalue weighted by Crippen LogP contribution is -2.51. The molecule has 256 valence electrons. The zero-order chi connectivity index (χ0) is 32.3. The van der Waals surface area contributed by atoms with Gasteiger partial charge in [-0.1, -0.05) is 19.3 Å². The van der Waals surface area contributed by atoms with Gasteiger partial charge in [0, 0.05) is 76.2 Å². The van der Waals surface area contributed by atoms with Gasteiger partial charge in [0.15, 0.2) is 0 Å². The van der Waals surface area contributed by atoms with Crippen LogP contribution in [0.5, 0.6) is 0 Å². The van der Waals surface area contributed by atoms with Gasteiger partial charge in [0.25, 0.3) is 0 Å². The molecule has 0 aromatic carbocycles. The molecule has 4 heterocycles. The number of hydrogen-bond acceptors (Lipinski definition) is 6. The fraction of sp³-hybridized carbons (Fsp3) is 0.800. The summed E-state index contributed by atoms with van der Waals surface area (Å²) < 4.78 is 51.8. The Labute approximate surface area is 271 Å². The number of likely N-dealkylation sites (tertiary alicyclic amines) is 1. The van der Waals surface area contributed by atoms with Crippen molar-refractivity contribution in [3.63, 3.8) is 0 Å². The molecule has 3 aliphatic heterocycles. The Morgan fingerprint density at radius 2 is 1.85 bits per heavy atom. The maximum Gasteiger partial charge on any atom is 0.417 e. The van der Waals surface area contributed by atoms with Crippen molar-refractivity contribution in [2.45, 2.75) is 121 Å². The summed E-state index contributed by atoms with van der Waals surface area (Å²) in [6.45, 7) is 3.46. The van der Waals surface area contributed by atoms with Gasteiger partial charge in [-0.05, 0) is 81.8 Å². The molecule has 1 aromatic heterocycles. The Bertz CT molecular complexity index is 1220. The molecule has 4 unspecified atom stereocenters. The minimum atomic E-state index is -4.47. The normalized spacial score (nSPS) is 30.0. The third kappa shape index (κ3) is 7.57. The maximum absolute atomic E-state index is 14.5. The van der Waals surface area contributed by atoms with Gasteiger partial charge in [0.2, 0.25) is 11.8 Å². The summed E-state index contributed by atoms with van der Waals surface area (Å²) in [6, 6.07) is 1.50. The highest BCUT2D eigenvalue weighted by molar-refractivity contribution is 5.83. The van der Waals surface area contributed by atoms with Crippen molar-refractivity contribution in [1.29, 1.82) is 0 Å². The number of hydrogen-bond donors (Lipinski definition) is 1. The molecule has 8 nitrogen and oxygen atoms in total. The summed E-state index contributed by atoms with van der Waals surface area (Å²) in [5.74, 6) is 1.06. The molecular weight excluding hydrogens is 597 g/mol. The molecule has 0 radical (unpaired) electrons. The number of amides is 2. The van der Waals surface area contributed by atoms with Crippen LogP contribution in [0.3, 0.4) is 0 Å². The molecule has 0 bridgehead atoms. The first-order chi connectivity index (χ1) is 22.1. The Morgan fingerprint density at radius 3 is 2.59 bits per heavy atom. The molecule has 5 aliphatic rings. The number of methoxy groups -OCH3 is 1. The van der Waals surface area contributed by atoms with Crippen molar-refractivity contribution >= 4 is 11.8 Å². The van der Waals surface area contributed by atoms with Crippen molar-refractivity contribution in [1.82, 2.24) is 20.1 Å². The molecule has 6 rings (SSSR count). The molecular formula is C35H51F3N4O4. The molecule has 11 heteroatoms. The summed E-state index contributed by atoms with van der Waals surface area (Å²) in [5, 5.41) is 3.80.